The predicted molar refractivity (Wildman–Crippen MR) is 143 cm³/mol. The van der Waals surface area contributed by atoms with Crippen molar-refractivity contribution in [3.05, 3.63) is 77.2 Å². The van der Waals surface area contributed by atoms with Gasteiger partial charge in [-0.15, -0.1) is 0 Å². The van der Waals surface area contributed by atoms with Crippen LogP contribution in [-0.2, 0) is 18.9 Å². The number of nitrogens with zero attached hydrogens (tertiary/aromatic N) is 1. The van der Waals surface area contributed by atoms with Crippen molar-refractivity contribution in [2.45, 2.75) is 52.0 Å². The number of benzene rings is 2. The Morgan fingerprint density at radius 3 is 2.07 bits per heavy atom. The highest BCUT2D eigenvalue weighted by molar-refractivity contribution is 6.04. The van der Waals surface area contributed by atoms with Crippen LogP contribution in [0.1, 0.15) is 60.4 Å². The Balaban J connectivity index is 1.91. The maximum atomic E-state index is 13.2. The number of urea groups is 1. The van der Waals surface area contributed by atoms with Crippen LogP contribution in [0.5, 0.6) is 0 Å². The van der Waals surface area contributed by atoms with Gasteiger partial charge in [0.05, 0.1) is 35.2 Å². The normalized spacial score (nSPS) is 11.7. The van der Waals surface area contributed by atoms with Crippen LogP contribution in [0.4, 0.5) is 48.2 Å². The van der Waals surface area contributed by atoms with E-state index in [9.17, 15) is 35.9 Å². The largest absolute Gasteiger partial charge is 0.467 e. The molecule has 0 spiro atoms. The first kappa shape index (κ1) is 31.4. The number of rotatable bonds is 11. The first-order valence-electron chi connectivity index (χ1n) is 12.9. The molecule has 222 valence electrons. The standard InChI is InChI=1S/C28H30F6N4O3/c1-3-5-11-38(17-22-7-6-12-41-22)24-9-8-20(16-23(24)25(39)35-10-4-2)36-26(40)37-21-14-18(27(29,30)31)13-19(15-21)28(32,33)34/h6-9,12-16H,3-5,10-11,17H2,1-2H3,(H,35,39)(H2,36,37,40). The monoisotopic (exact) mass is 584 g/mol. The number of nitrogens with one attached hydrogen (secondary N) is 3. The van der Waals surface area contributed by atoms with Gasteiger partial charge in [-0.05, 0) is 61.4 Å². The number of amides is 3. The van der Waals surface area contributed by atoms with Gasteiger partial charge in [0.1, 0.15) is 5.76 Å². The number of hydrogen-bond donors (Lipinski definition) is 3. The smallest absolute Gasteiger partial charge is 0.416 e. The second kappa shape index (κ2) is 13.5. The van der Waals surface area contributed by atoms with E-state index < -0.39 is 41.1 Å². The van der Waals surface area contributed by atoms with Crippen molar-refractivity contribution in [1.29, 1.82) is 0 Å². The SMILES string of the molecule is CCCCN(Cc1ccco1)c1ccc(NC(=O)Nc2cc(C(F)(F)F)cc(C(F)(F)F)c2)cc1C(=O)NCCC. The van der Waals surface area contributed by atoms with Crippen LogP contribution in [0.3, 0.4) is 0 Å². The lowest BCUT2D eigenvalue weighted by Gasteiger charge is -2.26. The zero-order valence-electron chi connectivity index (χ0n) is 22.4. The Morgan fingerprint density at radius 2 is 1.51 bits per heavy atom. The predicted octanol–water partition coefficient (Wildman–Crippen LogP) is 7.91. The number of halogens is 6. The van der Waals surface area contributed by atoms with Crippen LogP contribution in [0.2, 0.25) is 0 Å². The van der Waals surface area contributed by atoms with Crippen LogP contribution >= 0.6 is 0 Å². The molecule has 1 heterocycles. The van der Waals surface area contributed by atoms with E-state index in [0.717, 1.165) is 12.8 Å². The number of carbonyl (C=O) groups is 2. The molecule has 3 N–H and O–H groups in total. The van der Waals surface area contributed by atoms with Gasteiger partial charge in [-0.1, -0.05) is 20.3 Å². The molecule has 7 nitrogen and oxygen atoms in total. The van der Waals surface area contributed by atoms with Gasteiger partial charge in [0.25, 0.3) is 5.91 Å². The molecule has 2 aromatic carbocycles. The van der Waals surface area contributed by atoms with Crippen LogP contribution in [0.15, 0.2) is 59.2 Å². The highest BCUT2D eigenvalue weighted by Gasteiger charge is 2.37. The highest BCUT2D eigenvalue weighted by Crippen LogP contribution is 2.37. The molecule has 0 aliphatic rings. The van der Waals surface area contributed by atoms with Gasteiger partial charge in [-0.25, -0.2) is 4.79 Å². The fourth-order valence-electron chi connectivity index (χ4n) is 3.95. The molecule has 3 rings (SSSR count). The lowest BCUT2D eigenvalue weighted by Crippen LogP contribution is -2.30. The summed E-state index contributed by atoms with van der Waals surface area (Å²) < 4.78 is 84.6. The Labute approximate surface area is 232 Å². The van der Waals surface area contributed by atoms with Gasteiger partial charge < -0.3 is 25.3 Å². The van der Waals surface area contributed by atoms with Crippen molar-refractivity contribution in [2.75, 3.05) is 28.6 Å². The van der Waals surface area contributed by atoms with Crippen LogP contribution in [0.25, 0.3) is 0 Å². The molecule has 1 aromatic heterocycles. The summed E-state index contributed by atoms with van der Waals surface area (Å²) in [7, 11) is 0. The molecule has 0 aliphatic heterocycles. The third kappa shape index (κ3) is 8.92. The van der Waals surface area contributed by atoms with E-state index in [0.29, 0.717) is 49.6 Å². The molecule has 0 bridgehead atoms. The van der Waals surface area contributed by atoms with Crippen molar-refractivity contribution in [2.24, 2.45) is 0 Å². The molecule has 0 saturated carbocycles. The van der Waals surface area contributed by atoms with E-state index in [1.165, 1.54) is 18.4 Å². The topological polar surface area (TPSA) is 86.6 Å². The van der Waals surface area contributed by atoms with Crippen LogP contribution in [-0.4, -0.2) is 25.0 Å². The molecular weight excluding hydrogens is 554 g/mol. The van der Waals surface area contributed by atoms with Gasteiger partial charge >= 0.3 is 18.4 Å². The fraction of sp³-hybridized carbons (Fsp3) is 0.357. The minimum Gasteiger partial charge on any atom is -0.467 e. The zero-order valence-corrected chi connectivity index (χ0v) is 22.4. The average molecular weight is 585 g/mol. The lowest BCUT2D eigenvalue weighted by atomic mass is 10.1. The molecule has 0 fully saturated rings. The van der Waals surface area contributed by atoms with E-state index in [2.05, 4.69) is 10.6 Å². The zero-order chi connectivity index (χ0) is 30.2. The Hall–Kier alpha value is -4.16. The van der Waals surface area contributed by atoms with E-state index in [4.69, 9.17) is 4.42 Å². The second-order valence-electron chi connectivity index (χ2n) is 9.22. The minimum atomic E-state index is -5.07. The molecular formula is C28H30F6N4O3. The van der Waals surface area contributed by atoms with E-state index >= 15 is 0 Å². The van der Waals surface area contributed by atoms with Gasteiger partial charge in [0, 0.05) is 24.5 Å². The Morgan fingerprint density at radius 1 is 0.854 bits per heavy atom. The number of carbonyl (C=O) groups excluding carboxylic acids is 2. The molecule has 0 saturated heterocycles. The van der Waals surface area contributed by atoms with Crippen molar-refractivity contribution >= 4 is 29.0 Å². The third-order valence-electron chi connectivity index (χ3n) is 5.93. The van der Waals surface area contributed by atoms with E-state index in [1.54, 1.807) is 18.2 Å². The van der Waals surface area contributed by atoms with Gasteiger partial charge in [0.15, 0.2) is 0 Å². The summed E-state index contributed by atoms with van der Waals surface area (Å²) in [6, 6.07) is 7.72. The van der Waals surface area contributed by atoms with Crippen molar-refractivity contribution in [3.63, 3.8) is 0 Å². The van der Waals surface area contributed by atoms with Gasteiger partial charge in [0.2, 0.25) is 0 Å². The van der Waals surface area contributed by atoms with Gasteiger partial charge in [-0.3, -0.25) is 4.79 Å². The quantitative estimate of drug-likeness (QED) is 0.200. The molecule has 41 heavy (non-hydrogen) atoms. The Bertz CT molecular complexity index is 1290. The minimum absolute atomic E-state index is 0.0317. The average Bonchev–Trinajstić information content (AvgIpc) is 3.41. The highest BCUT2D eigenvalue weighted by atomic mass is 19.4. The molecule has 3 aromatic rings. The maximum absolute atomic E-state index is 13.2. The first-order chi connectivity index (χ1) is 19.3. The van der Waals surface area contributed by atoms with Crippen LogP contribution < -0.4 is 20.9 Å². The maximum Gasteiger partial charge on any atom is 0.416 e. The number of unbranched alkanes of at least 4 members (excludes halogenated alkanes) is 1. The molecule has 13 heteroatoms. The number of furan rings is 1. The van der Waals surface area contributed by atoms with Crippen LogP contribution in [0, 0.1) is 0 Å². The van der Waals surface area contributed by atoms with E-state index in [1.807, 2.05) is 24.1 Å². The number of hydrogen-bond acceptors (Lipinski definition) is 4. The molecule has 0 unspecified atom stereocenters. The molecule has 3 amide bonds. The first-order valence-corrected chi connectivity index (χ1v) is 12.9. The molecule has 0 aliphatic carbocycles. The Kier molecular flexibility index (Phi) is 10.3. The second-order valence-corrected chi connectivity index (χ2v) is 9.22. The van der Waals surface area contributed by atoms with Crippen molar-refractivity contribution < 1.29 is 40.3 Å². The van der Waals surface area contributed by atoms with E-state index in [-0.39, 0.29) is 17.3 Å². The summed E-state index contributed by atoms with van der Waals surface area (Å²) in [5, 5.41) is 7.19. The number of anilines is 3. The van der Waals surface area contributed by atoms with Crippen molar-refractivity contribution in [3.8, 4) is 0 Å². The van der Waals surface area contributed by atoms with Gasteiger partial charge in [-0.2, -0.15) is 26.3 Å². The summed E-state index contributed by atoms with van der Waals surface area (Å²) in [5.74, 6) is 0.251. The summed E-state index contributed by atoms with van der Waals surface area (Å²) in [6.07, 6.45) is -6.22. The summed E-state index contributed by atoms with van der Waals surface area (Å²) in [5.41, 5.74) is -2.95. The third-order valence-corrected chi connectivity index (χ3v) is 5.93. The molecule has 0 radical (unpaired) electrons. The summed E-state index contributed by atoms with van der Waals surface area (Å²) >= 11 is 0. The summed E-state index contributed by atoms with van der Waals surface area (Å²) in [4.78, 5) is 27.7. The summed E-state index contributed by atoms with van der Waals surface area (Å²) in [6.45, 7) is 5.25. The molecule has 0 atom stereocenters. The number of alkyl halides is 6. The fourth-order valence-corrected chi connectivity index (χ4v) is 3.95. The lowest BCUT2D eigenvalue weighted by molar-refractivity contribution is -0.143. The van der Waals surface area contributed by atoms with Crippen molar-refractivity contribution in [1.82, 2.24) is 5.32 Å².